The summed E-state index contributed by atoms with van der Waals surface area (Å²) in [6.45, 7) is 0.417. The molecule has 0 saturated carbocycles. The van der Waals surface area contributed by atoms with Crippen LogP contribution in [0.1, 0.15) is 6.42 Å². The molecule has 1 amide bonds. The number of nitrogen functional groups attached to an aromatic ring is 1. The molecule has 0 atom stereocenters. The summed E-state index contributed by atoms with van der Waals surface area (Å²) in [6, 6.07) is 8.92. The summed E-state index contributed by atoms with van der Waals surface area (Å²) in [5.74, 6) is 0.204. The van der Waals surface area contributed by atoms with Crippen molar-refractivity contribution in [2.75, 3.05) is 17.4 Å². The molecule has 2 aromatic rings. The first kappa shape index (κ1) is 10.8. The standard InChI is InChI=1S/C12H11N3O3/c13-11-7-10(14-18-11)8-2-1-3-9(6-8)15-12(16)4-5-17-15/h1-3,6-7H,4-5,13H2. The Morgan fingerprint density at radius 1 is 1.33 bits per heavy atom. The van der Waals surface area contributed by atoms with Crippen LogP contribution in [0.2, 0.25) is 0 Å². The molecular formula is C12H11N3O3. The average Bonchev–Trinajstić information content (AvgIpc) is 2.98. The van der Waals surface area contributed by atoms with Crippen LogP contribution in [0.5, 0.6) is 0 Å². The van der Waals surface area contributed by atoms with E-state index in [4.69, 9.17) is 15.1 Å². The van der Waals surface area contributed by atoms with Crippen molar-refractivity contribution in [2.45, 2.75) is 6.42 Å². The van der Waals surface area contributed by atoms with Gasteiger partial charge in [-0.3, -0.25) is 9.63 Å². The predicted octanol–water partition coefficient (Wildman–Crippen LogP) is 1.59. The maximum Gasteiger partial charge on any atom is 0.253 e. The molecule has 2 heterocycles. The SMILES string of the molecule is Nc1cc(-c2cccc(N3OCCC3=O)c2)no1. The van der Waals surface area contributed by atoms with Crippen LogP contribution in [-0.4, -0.2) is 17.7 Å². The number of rotatable bonds is 2. The molecule has 1 aromatic heterocycles. The summed E-state index contributed by atoms with van der Waals surface area (Å²) in [7, 11) is 0. The van der Waals surface area contributed by atoms with Crippen molar-refractivity contribution >= 4 is 17.5 Å². The molecule has 0 radical (unpaired) electrons. The molecule has 6 nitrogen and oxygen atoms in total. The third-order valence-corrected chi connectivity index (χ3v) is 2.67. The normalized spacial score (nSPS) is 15.3. The van der Waals surface area contributed by atoms with E-state index in [0.29, 0.717) is 24.4 Å². The minimum Gasteiger partial charge on any atom is -0.368 e. The highest BCUT2D eigenvalue weighted by Gasteiger charge is 2.23. The number of hydrogen-bond acceptors (Lipinski definition) is 5. The van der Waals surface area contributed by atoms with E-state index in [1.54, 1.807) is 18.2 Å². The zero-order valence-corrected chi connectivity index (χ0v) is 9.50. The van der Waals surface area contributed by atoms with Gasteiger partial charge in [-0.15, -0.1) is 0 Å². The molecule has 6 heteroatoms. The van der Waals surface area contributed by atoms with Crippen LogP contribution >= 0.6 is 0 Å². The van der Waals surface area contributed by atoms with Crippen LogP contribution in [0.4, 0.5) is 11.6 Å². The van der Waals surface area contributed by atoms with Crippen molar-refractivity contribution in [3.63, 3.8) is 0 Å². The summed E-state index contributed by atoms with van der Waals surface area (Å²) >= 11 is 0. The fourth-order valence-electron chi connectivity index (χ4n) is 1.83. The van der Waals surface area contributed by atoms with Gasteiger partial charge in [-0.1, -0.05) is 17.3 Å². The van der Waals surface area contributed by atoms with E-state index in [9.17, 15) is 4.79 Å². The van der Waals surface area contributed by atoms with E-state index in [0.717, 1.165) is 5.56 Å². The molecule has 2 N–H and O–H groups in total. The third kappa shape index (κ3) is 1.82. The van der Waals surface area contributed by atoms with E-state index in [2.05, 4.69) is 5.16 Å². The van der Waals surface area contributed by atoms with Crippen molar-refractivity contribution < 1.29 is 14.2 Å². The second-order valence-corrected chi connectivity index (χ2v) is 3.94. The molecule has 3 rings (SSSR count). The quantitative estimate of drug-likeness (QED) is 0.868. The van der Waals surface area contributed by atoms with Crippen LogP contribution in [0.25, 0.3) is 11.3 Å². The number of carbonyl (C=O) groups is 1. The Morgan fingerprint density at radius 2 is 2.22 bits per heavy atom. The van der Waals surface area contributed by atoms with Gasteiger partial charge in [0.15, 0.2) is 0 Å². The number of aromatic nitrogens is 1. The number of nitrogens with zero attached hydrogens (tertiary/aromatic N) is 2. The molecule has 1 aromatic carbocycles. The molecular weight excluding hydrogens is 234 g/mol. The second kappa shape index (κ2) is 4.15. The summed E-state index contributed by atoms with van der Waals surface area (Å²) in [5, 5.41) is 5.13. The third-order valence-electron chi connectivity index (χ3n) is 2.67. The summed E-state index contributed by atoms with van der Waals surface area (Å²) in [4.78, 5) is 16.8. The largest absolute Gasteiger partial charge is 0.368 e. The van der Waals surface area contributed by atoms with Crippen LogP contribution in [0.3, 0.4) is 0 Å². The van der Waals surface area contributed by atoms with Gasteiger partial charge in [0.25, 0.3) is 5.91 Å². The van der Waals surface area contributed by atoms with Gasteiger partial charge in [0.05, 0.1) is 18.7 Å². The molecule has 92 valence electrons. The number of anilines is 2. The maximum absolute atomic E-state index is 11.6. The Bertz CT molecular complexity index is 594. The smallest absolute Gasteiger partial charge is 0.253 e. The van der Waals surface area contributed by atoms with Gasteiger partial charge in [0.1, 0.15) is 5.69 Å². The van der Waals surface area contributed by atoms with Gasteiger partial charge in [0.2, 0.25) is 5.88 Å². The number of carbonyl (C=O) groups excluding carboxylic acids is 1. The Kier molecular flexibility index (Phi) is 2.49. The second-order valence-electron chi connectivity index (χ2n) is 3.94. The summed E-state index contributed by atoms with van der Waals surface area (Å²) in [5.41, 5.74) is 7.60. The summed E-state index contributed by atoms with van der Waals surface area (Å²) < 4.78 is 4.82. The highest BCUT2D eigenvalue weighted by Crippen LogP contribution is 2.27. The molecule has 0 bridgehead atoms. The minimum absolute atomic E-state index is 0.0492. The monoisotopic (exact) mass is 245 g/mol. The van der Waals surface area contributed by atoms with Crippen molar-refractivity contribution in [3.05, 3.63) is 30.3 Å². The predicted molar refractivity (Wildman–Crippen MR) is 64.4 cm³/mol. The Labute approximate surface area is 103 Å². The highest BCUT2D eigenvalue weighted by atomic mass is 16.7. The van der Waals surface area contributed by atoms with Crippen LogP contribution in [-0.2, 0) is 9.63 Å². The van der Waals surface area contributed by atoms with Gasteiger partial charge in [-0.25, -0.2) is 0 Å². The van der Waals surface area contributed by atoms with Crippen molar-refractivity contribution in [1.29, 1.82) is 0 Å². The zero-order valence-electron chi connectivity index (χ0n) is 9.50. The number of nitrogens with two attached hydrogens (primary N) is 1. The number of amides is 1. The summed E-state index contributed by atoms with van der Waals surface area (Å²) in [6.07, 6.45) is 0.404. The molecule has 1 fully saturated rings. The van der Waals surface area contributed by atoms with Crippen LogP contribution < -0.4 is 10.8 Å². The Hall–Kier alpha value is -2.34. The van der Waals surface area contributed by atoms with E-state index in [1.165, 1.54) is 5.06 Å². The number of benzene rings is 1. The maximum atomic E-state index is 11.6. The average molecular weight is 245 g/mol. The molecule has 1 saturated heterocycles. The lowest BCUT2D eigenvalue weighted by Gasteiger charge is -2.14. The molecule has 0 aliphatic carbocycles. The fraction of sp³-hybridized carbons (Fsp3) is 0.167. The first-order valence-corrected chi connectivity index (χ1v) is 5.52. The Balaban J connectivity index is 1.96. The lowest BCUT2D eigenvalue weighted by molar-refractivity contribution is -0.119. The van der Waals surface area contributed by atoms with Gasteiger partial charge in [0, 0.05) is 11.6 Å². The molecule has 0 unspecified atom stereocenters. The van der Waals surface area contributed by atoms with E-state index in [-0.39, 0.29) is 11.8 Å². The topological polar surface area (TPSA) is 81.6 Å². The molecule has 1 aliphatic heterocycles. The molecule has 18 heavy (non-hydrogen) atoms. The van der Waals surface area contributed by atoms with Crippen LogP contribution in [0.15, 0.2) is 34.9 Å². The van der Waals surface area contributed by atoms with E-state index in [1.807, 2.05) is 12.1 Å². The molecule has 1 aliphatic rings. The first-order chi connectivity index (χ1) is 8.74. The van der Waals surface area contributed by atoms with Gasteiger partial charge >= 0.3 is 0 Å². The minimum atomic E-state index is -0.0492. The van der Waals surface area contributed by atoms with Gasteiger partial charge < -0.3 is 10.3 Å². The van der Waals surface area contributed by atoms with Crippen LogP contribution in [0, 0.1) is 0 Å². The number of hydrogen-bond donors (Lipinski definition) is 1. The van der Waals surface area contributed by atoms with E-state index < -0.39 is 0 Å². The zero-order chi connectivity index (χ0) is 12.5. The lowest BCUT2D eigenvalue weighted by Crippen LogP contribution is -2.22. The fourth-order valence-corrected chi connectivity index (χ4v) is 1.83. The van der Waals surface area contributed by atoms with Crippen molar-refractivity contribution in [1.82, 2.24) is 5.16 Å². The first-order valence-electron chi connectivity index (χ1n) is 5.52. The number of hydroxylamine groups is 1. The van der Waals surface area contributed by atoms with Crippen molar-refractivity contribution in [2.24, 2.45) is 0 Å². The molecule has 0 spiro atoms. The lowest BCUT2D eigenvalue weighted by atomic mass is 10.1. The van der Waals surface area contributed by atoms with E-state index >= 15 is 0 Å². The highest BCUT2D eigenvalue weighted by molar-refractivity contribution is 5.93. The Morgan fingerprint density at radius 3 is 2.89 bits per heavy atom. The van der Waals surface area contributed by atoms with Gasteiger partial charge in [-0.2, -0.15) is 5.06 Å². The van der Waals surface area contributed by atoms with Gasteiger partial charge in [-0.05, 0) is 12.1 Å². The van der Waals surface area contributed by atoms with Crippen molar-refractivity contribution in [3.8, 4) is 11.3 Å².